The molecule has 2 aromatic rings. The third-order valence-electron chi connectivity index (χ3n) is 6.05. The van der Waals surface area contributed by atoms with E-state index in [-0.39, 0.29) is 42.9 Å². The highest BCUT2D eigenvalue weighted by molar-refractivity contribution is 6.01. The molecule has 1 aromatic carbocycles. The van der Waals surface area contributed by atoms with Crippen LogP contribution in [0, 0.1) is 5.92 Å². The maximum absolute atomic E-state index is 13.6. The minimum Gasteiger partial charge on any atom is -0.461 e. The number of fused-ring (bicyclic) bond motifs is 1. The summed E-state index contributed by atoms with van der Waals surface area (Å²) in [6.45, 7) is 10.9. The van der Waals surface area contributed by atoms with Crippen LogP contribution in [0.4, 0.5) is 0 Å². The molecule has 3 rings (SSSR count). The number of benzene rings is 1. The molecule has 0 spiro atoms. The quantitative estimate of drug-likeness (QED) is 0.588. The van der Waals surface area contributed by atoms with Gasteiger partial charge in [-0.25, -0.2) is 4.79 Å². The molecule has 2 heterocycles. The van der Waals surface area contributed by atoms with Gasteiger partial charge < -0.3 is 15.0 Å². The van der Waals surface area contributed by atoms with Gasteiger partial charge in [-0.05, 0) is 43.7 Å². The Bertz CT molecular complexity index is 1010. The summed E-state index contributed by atoms with van der Waals surface area (Å²) in [6, 6.07) is 9.49. The lowest BCUT2D eigenvalue weighted by atomic mass is 9.93. The minimum absolute atomic E-state index is 0.0666. The Balaban J connectivity index is 1.95. The van der Waals surface area contributed by atoms with Crippen LogP contribution in [0.5, 0.6) is 0 Å². The van der Waals surface area contributed by atoms with E-state index in [2.05, 4.69) is 31.2 Å². The molecule has 0 bridgehead atoms. The van der Waals surface area contributed by atoms with Gasteiger partial charge in [-0.15, -0.1) is 0 Å². The van der Waals surface area contributed by atoms with Gasteiger partial charge in [0, 0.05) is 19.2 Å². The summed E-state index contributed by atoms with van der Waals surface area (Å²) in [7, 11) is 0. The molecule has 178 valence electrons. The SMILES string of the molecule is CCOC(=O)c1cc2n(n1)C[C@](C)(C(=O)NCCC(C)C)N(Cc1ccc(CC)cc1)C2=O. The van der Waals surface area contributed by atoms with E-state index in [1.165, 1.54) is 16.3 Å². The topological polar surface area (TPSA) is 93.5 Å². The lowest BCUT2D eigenvalue weighted by Crippen LogP contribution is -2.63. The maximum Gasteiger partial charge on any atom is 0.358 e. The van der Waals surface area contributed by atoms with Gasteiger partial charge in [-0.3, -0.25) is 14.3 Å². The van der Waals surface area contributed by atoms with Crippen molar-refractivity contribution in [2.75, 3.05) is 13.2 Å². The Kier molecular flexibility index (Phi) is 7.56. The summed E-state index contributed by atoms with van der Waals surface area (Å²) in [5, 5.41) is 7.28. The smallest absolute Gasteiger partial charge is 0.358 e. The molecule has 0 fully saturated rings. The Labute approximate surface area is 195 Å². The number of esters is 1. The Morgan fingerprint density at radius 2 is 1.85 bits per heavy atom. The summed E-state index contributed by atoms with van der Waals surface area (Å²) in [4.78, 5) is 40.7. The minimum atomic E-state index is -1.16. The number of rotatable bonds is 9. The molecule has 8 heteroatoms. The molecule has 1 atom stereocenters. The van der Waals surface area contributed by atoms with Crippen molar-refractivity contribution in [3.8, 4) is 0 Å². The molecule has 0 saturated heterocycles. The fourth-order valence-electron chi connectivity index (χ4n) is 3.92. The number of nitrogens with one attached hydrogen (secondary N) is 1. The van der Waals surface area contributed by atoms with Crippen LogP contribution in [0.25, 0.3) is 0 Å². The van der Waals surface area contributed by atoms with Crippen LogP contribution in [-0.4, -0.2) is 51.2 Å². The number of carbonyl (C=O) groups excluding carboxylic acids is 3. The molecule has 2 amide bonds. The van der Waals surface area contributed by atoms with E-state index in [1.807, 2.05) is 24.3 Å². The van der Waals surface area contributed by atoms with Gasteiger partial charge >= 0.3 is 5.97 Å². The maximum atomic E-state index is 13.6. The standard InChI is InChI=1S/C25H34N4O4/c1-6-18-8-10-19(11-9-18)15-28-22(30)21-14-20(23(31)33-7-2)27-29(21)16-25(28,5)24(32)26-13-12-17(3)4/h8-11,14,17H,6-7,12-13,15-16H2,1-5H3,(H,26,32)/t25-/m1/s1. The largest absolute Gasteiger partial charge is 0.461 e. The monoisotopic (exact) mass is 454 g/mol. The fourth-order valence-corrected chi connectivity index (χ4v) is 3.92. The van der Waals surface area contributed by atoms with Gasteiger partial charge in [0.1, 0.15) is 11.2 Å². The second kappa shape index (κ2) is 10.2. The highest BCUT2D eigenvalue weighted by Gasteiger charge is 2.48. The van der Waals surface area contributed by atoms with Crippen LogP contribution >= 0.6 is 0 Å². The normalized spacial score (nSPS) is 17.8. The molecule has 33 heavy (non-hydrogen) atoms. The van der Waals surface area contributed by atoms with E-state index in [1.54, 1.807) is 18.7 Å². The molecule has 1 N–H and O–H groups in total. The number of hydrogen-bond donors (Lipinski definition) is 1. The zero-order valence-corrected chi connectivity index (χ0v) is 20.2. The van der Waals surface area contributed by atoms with Crippen LogP contribution in [-0.2, 0) is 29.0 Å². The van der Waals surface area contributed by atoms with E-state index < -0.39 is 11.5 Å². The number of aromatic nitrogens is 2. The first-order chi connectivity index (χ1) is 15.7. The predicted octanol–water partition coefficient (Wildman–Crippen LogP) is 3.20. The van der Waals surface area contributed by atoms with Crippen molar-refractivity contribution in [3.63, 3.8) is 0 Å². The van der Waals surface area contributed by atoms with Gasteiger partial charge in [0.2, 0.25) is 5.91 Å². The number of ether oxygens (including phenoxy) is 1. The van der Waals surface area contributed by atoms with Crippen molar-refractivity contribution < 1.29 is 19.1 Å². The lowest BCUT2D eigenvalue weighted by molar-refractivity contribution is -0.133. The van der Waals surface area contributed by atoms with Crippen molar-refractivity contribution in [1.29, 1.82) is 0 Å². The molecule has 0 radical (unpaired) electrons. The van der Waals surface area contributed by atoms with Crippen molar-refractivity contribution in [2.24, 2.45) is 5.92 Å². The zero-order valence-electron chi connectivity index (χ0n) is 20.2. The molecule has 0 saturated carbocycles. The first kappa shape index (κ1) is 24.5. The molecular weight excluding hydrogens is 420 g/mol. The summed E-state index contributed by atoms with van der Waals surface area (Å²) in [5.74, 6) is -0.716. The van der Waals surface area contributed by atoms with E-state index in [0.29, 0.717) is 12.5 Å². The summed E-state index contributed by atoms with van der Waals surface area (Å²) in [6.07, 6.45) is 1.77. The van der Waals surface area contributed by atoms with Gasteiger partial charge in [0.05, 0.1) is 13.2 Å². The van der Waals surface area contributed by atoms with Crippen LogP contribution in [0.3, 0.4) is 0 Å². The number of amides is 2. The van der Waals surface area contributed by atoms with Crippen LogP contribution in [0.1, 0.15) is 73.1 Å². The van der Waals surface area contributed by atoms with E-state index >= 15 is 0 Å². The fraction of sp³-hybridized carbons (Fsp3) is 0.520. The van der Waals surface area contributed by atoms with E-state index in [0.717, 1.165) is 18.4 Å². The average Bonchev–Trinajstić information content (AvgIpc) is 3.21. The highest BCUT2D eigenvalue weighted by Crippen LogP contribution is 2.29. The lowest BCUT2D eigenvalue weighted by Gasteiger charge is -2.43. The molecule has 1 aliphatic rings. The number of nitrogens with zero attached hydrogens (tertiary/aromatic N) is 3. The molecule has 0 unspecified atom stereocenters. The first-order valence-corrected chi connectivity index (χ1v) is 11.6. The third-order valence-corrected chi connectivity index (χ3v) is 6.05. The summed E-state index contributed by atoms with van der Waals surface area (Å²) in [5.41, 5.74) is 1.31. The van der Waals surface area contributed by atoms with E-state index in [9.17, 15) is 14.4 Å². The van der Waals surface area contributed by atoms with Crippen LogP contribution < -0.4 is 5.32 Å². The van der Waals surface area contributed by atoms with Crippen molar-refractivity contribution in [3.05, 3.63) is 52.8 Å². The number of carbonyl (C=O) groups is 3. The number of aryl methyl sites for hydroxylation is 1. The zero-order chi connectivity index (χ0) is 24.2. The number of hydrogen-bond acceptors (Lipinski definition) is 5. The molecular formula is C25H34N4O4. The second-order valence-corrected chi connectivity index (χ2v) is 9.07. The van der Waals surface area contributed by atoms with Gasteiger partial charge in [0.25, 0.3) is 5.91 Å². The highest BCUT2D eigenvalue weighted by atomic mass is 16.5. The third kappa shape index (κ3) is 5.26. The average molecular weight is 455 g/mol. The molecule has 1 aliphatic heterocycles. The van der Waals surface area contributed by atoms with Crippen LogP contribution in [0.15, 0.2) is 30.3 Å². The van der Waals surface area contributed by atoms with Gasteiger partial charge in [-0.1, -0.05) is 45.0 Å². The van der Waals surface area contributed by atoms with Crippen LogP contribution in [0.2, 0.25) is 0 Å². The Morgan fingerprint density at radius 3 is 2.45 bits per heavy atom. The van der Waals surface area contributed by atoms with Crippen molar-refractivity contribution in [1.82, 2.24) is 20.0 Å². The predicted molar refractivity (Wildman–Crippen MR) is 125 cm³/mol. The summed E-state index contributed by atoms with van der Waals surface area (Å²) >= 11 is 0. The van der Waals surface area contributed by atoms with Crippen molar-refractivity contribution in [2.45, 2.75) is 66.1 Å². The van der Waals surface area contributed by atoms with E-state index in [4.69, 9.17) is 4.74 Å². The molecule has 8 nitrogen and oxygen atoms in total. The Hall–Kier alpha value is -3.16. The van der Waals surface area contributed by atoms with Crippen molar-refractivity contribution >= 4 is 17.8 Å². The molecule has 0 aliphatic carbocycles. The first-order valence-electron chi connectivity index (χ1n) is 11.6. The van der Waals surface area contributed by atoms with Gasteiger partial charge in [-0.2, -0.15) is 5.10 Å². The second-order valence-electron chi connectivity index (χ2n) is 9.07. The Morgan fingerprint density at radius 1 is 1.18 bits per heavy atom. The molecule has 1 aromatic heterocycles. The summed E-state index contributed by atoms with van der Waals surface area (Å²) < 4.78 is 6.49. The van der Waals surface area contributed by atoms with Gasteiger partial charge in [0.15, 0.2) is 5.69 Å².